The van der Waals surface area contributed by atoms with Crippen molar-refractivity contribution in [3.05, 3.63) is 41.0 Å². The predicted molar refractivity (Wildman–Crippen MR) is 56.5 cm³/mol. The number of nitrogens with one attached hydrogen (secondary N) is 1. The van der Waals surface area contributed by atoms with Crippen molar-refractivity contribution in [1.82, 2.24) is 15.1 Å². The average Bonchev–Trinajstić information content (AvgIpc) is 2.17. The monoisotopic (exact) mass is 217 g/mol. The van der Waals surface area contributed by atoms with Crippen molar-refractivity contribution in [3.63, 3.8) is 0 Å². The van der Waals surface area contributed by atoms with Gasteiger partial charge in [0.15, 0.2) is 0 Å². The quantitative estimate of drug-likeness (QED) is 0.719. The van der Waals surface area contributed by atoms with Crippen LogP contribution in [0.25, 0.3) is 0 Å². The maximum absolute atomic E-state index is 11.9. The molecule has 0 aromatic carbocycles. The molecule has 3 fully saturated rings. The first-order valence-corrected chi connectivity index (χ1v) is 5.18. The van der Waals surface area contributed by atoms with Gasteiger partial charge < -0.3 is 5.32 Å². The first kappa shape index (κ1) is 9.33. The Hall–Kier alpha value is -1.91. The SMILES string of the molecule is C=C1NC(=O)C2(n3ncccc3=O)CC1C2. The Kier molecular flexibility index (Phi) is 1.64. The zero-order chi connectivity index (χ0) is 11.3. The number of amides is 1. The summed E-state index contributed by atoms with van der Waals surface area (Å²) in [5.74, 6) is 0.118. The van der Waals surface area contributed by atoms with Crippen LogP contribution in [0.4, 0.5) is 0 Å². The minimum atomic E-state index is -0.774. The van der Waals surface area contributed by atoms with Crippen LogP contribution in [0, 0.1) is 5.92 Å². The van der Waals surface area contributed by atoms with Crippen LogP contribution in [0.15, 0.2) is 35.4 Å². The van der Waals surface area contributed by atoms with Gasteiger partial charge in [0.05, 0.1) is 0 Å². The fourth-order valence-electron chi connectivity index (χ4n) is 2.50. The highest BCUT2D eigenvalue weighted by Crippen LogP contribution is 2.49. The summed E-state index contributed by atoms with van der Waals surface area (Å²) in [6.45, 7) is 3.79. The van der Waals surface area contributed by atoms with Gasteiger partial charge >= 0.3 is 0 Å². The Labute approximate surface area is 91.8 Å². The molecule has 1 aromatic heterocycles. The summed E-state index contributed by atoms with van der Waals surface area (Å²) in [7, 11) is 0. The first-order chi connectivity index (χ1) is 7.63. The lowest BCUT2D eigenvalue weighted by Gasteiger charge is -2.51. The Morgan fingerprint density at radius 2 is 2.25 bits per heavy atom. The highest BCUT2D eigenvalue weighted by Gasteiger charge is 2.57. The second kappa shape index (κ2) is 2.81. The van der Waals surface area contributed by atoms with Gasteiger partial charge in [-0.2, -0.15) is 5.10 Å². The van der Waals surface area contributed by atoms with Crippen molar-refractivity contribution in [2.45, 2.75) is 18.4 Å². The number of aromatic nitrogens is 2. The van der Waals surface area contributed by atoms with E-state index in [1.807, 2.05) is 0 Å². The number of hydrogen-bond donors (Lipinski definition) is 1. The number of carbonyl (C=O) groups excluding carboxylic acids is 1. The fraction of sp³-hybridized carbons (Fsp3) is 0.364. The summed E-state index contributed by atoms with van der Waals surface area (Å²) < 4.78 is 1.30. The van der Waals surface area contributed by atoms with Crippen LogP contribution in [0.2, 0.25) is 0 Å². The van der Waals surface area contributed by atoms with E-state index in [1.165, 1.54) is 16.9 Å². The molecule has 1 saturated carbocycles. The van der Waals surface area contributed by atoms with E-state index < -0.39 is 5.54 Å². The Morgan fingerprint density at radius 3 is 2.88 bits per heavy atom. The van der Waals surface area contributed by atoms with E-state index >= 15 is 0 Å². The molecule has 1 amide bonds. The minimum absolute atomic E-state index is 0.166. The van der Waals surface area contributed by atoms with Gasteiger partial charge in [-0.25, -0.2) is 4.68 Å². The minimum Gasteiger partial charge on any atom is -0.328 e. The number of allylic oxidation sites excluding steroid dienone is 1. The predicted octanol–water partition coefficient (Wildman–Crippen LogP) is -0.00790. The van der Waals surface area contributed by atoms with E-state index in [4.69, 9.17) is 0 Å². The third-order valence-electron chi connectivity index (χ3n) is 3.48. The van der Waals surface area contributed by atoms with E-state index in [0.29, 0.717) is 12.8 Å². The Balaban J connectivity index is 2.09. The maximum atomic E-state index is 11.9. The van der Waals surface area contributed by atoms with Gasteiger partial charge in [-0.05, 0) is 18.9 Å². The molecule has 3 heterocycles. The van der Waals surface area contributed by atoms with Crippen molar-refractivity contribution >= 4 is 5.91 Å². The molecule has 2 bridgehead atoms. The van der Waals surface area contributed by atoms with Gasteiger partial charge in [-0.3, -0.25) is 9.59 Å². The number of carbonyl (C=O) groups is 1. The molecule has 2 saturated heterocycles. The van der Waals surface area contributed by atoms with E-state index in [1.54, 1.807) is 6.07 Å². The standard InChI is InChI=1S/C11H11N3O2/c1-7-8-5-11(6-8,10(16)13-7)14-9(15)3-2-4-12-14/h2-4,8H,1,5-6H2,(H,13,16). The Bertz CT molecular complexity index is 540. The van der Waals surface area contributed by atoms with Gasteiger partial charge in [0.2, 0.25) is 0 Å². The molecule has 5 heteroatoms. The molecule has 16 heavy (non-hydrogen) atoms. The number of nitrogens with zero attached hydrogens (tertiary/aromatic N) is 2. The van der Waals surface area contributed by atoms with Crippen molar-refractivity contribution in [1.29, 1.82) is 0 Å². The van der Waals surface area contributed by atoms with E-state index in [2.05, 4.69) is 17.0 Å². The molecular formula is C11H11N3O2. The molecule has 1 aliphatic carbocycles. The summed E-state index contributed by atoms with van der Waals surface area (Å²) in [5, 5.41) is 6.71. The number of fused-ring (bicyclic) bond motifs is 2. The second-order valence-corrected chi connectivity index (χ2v) is 4.39. The third kappa shape index (κ3) is 0.973. The smallest absolute Gasteiger partial charge is 0.267 e. The van der Waals surface area contributed by atoms with Gasteiger partial charge in [-0.15, -0.1) is 0 Å². The van der Waals surface area contributed by atoms with Crippen molar-refractivity contribution < 1.29 is 4.79 Å². The molecule has 0 spiro atoms. The fourth-order valence-corrected chi connectivity index (χ4v) is 2.50. The summed E-state index contributed by atoms with van der Waals surface area (Å²) in [6.07, 6.45) is 2.79. The molecule has 1 N–H and O–H groups in total. The molecule has 3 aliphatic rings. The summed E-state index contributed by atoms with van der Waals surface area (Å²) in [4.78, 5) is 23.6. The van der Waals surface area contributed by atoms with Crippen LogP contribution in [-0.2, 0) is 10.3 Å². The van der Waals surface area contributed by atoms with Gasteiger partial charge in [0, 0.05) is 23.9 Å². The van der Waals surface area contributed by atoms with E-state index in [0.717, 1.165) is 5.70 Å². The third-order valence-corrected chi connectivity index (χ3v) is 3.48. The van der Waals surface area contributed by atoms with Crippen molar-refractivity contribution in [2.24, 2.45) is 5.92 Å². The highest BCUT2D eigenvalue weighted by atomic mass is 16.2. The van der Waals surface area contributed by atoms with Crippen molar-refractivity contribution in [2.75, 3.05) is 0 Å². The molecule has 2 aliphatic heterocycles. The number of hydrogen-bond acceptors (Lipinski definition) is 3. The zero-order valence-corrected chi connectivity index (χ0v) is 8.64. The zero-order valence-electron chi connectivity index (χ0n) is 8.64. The Morgan fingerprint density at radius 1 is 1.50 bits per heavy atom. The van der Waals surface area contributed by atoms with Crippen LogP contribution in [0.1, 0.15) is 12.8 Å². The molecule has 0 atom stereocenters. The van der Waals surface area contributed by atoms with Crippen LogP contribution >= 0.6 is 0 Å². The van der Waals surface area contributed by atoms with Crippen LogP contribution in [-0.4, -0.2) is 15.7 Å². The second-order valence-electron chi connectivity index (χ2n) is 4.39. The molecule has 5 nitrogen and oxygen atoms in total. The molecule has 82 valence electrons. The van der Waals surface area contributed by atoms with Gasteiger partial charge in [0.25, 0.3) is 11.5 Å². The summed E-state index contributed by atoms with van der Waals surface area (Å²) in [5.41, 5.74) is -0.246. The topological polar surface area (TPSA) is 64.0 Å². The normalized spacial score (nSPS) is 31.9. The van der Waals surface area contributed by atoms with E-state index in [-0.39, 0.29) is 17.4 Å². The maximum Gasteiger partial charge on any atom is 0.267 e. The highest BCUT2D eigenvalue weighted by molar-refractivity contribution is 5.89. The van der Waals surface area contributed by atoms with Crippen LogP contribution in [0.3, 0.4) is 0 Å². The van der Waals surface area contributed by atoms with Gasteiger partial charge in [0.1, 0.15) is 5.54 Å². The van der Waals surface area contributed by atoms with Crippen molar-refractivity contribution in [3.8, 4) is 0 Å². The largest absolute Gasteiger partial charge is 0.328 e. The van der Waals surface area contributed by atoms with Gasteiger partial charge in [-0.1, -0.05) is 6.58 Å². The molecule has 1 aromatic rings. The lowest BCUT2D eigenvalue weighted by atomic mass is 9.63. The number of rotatable bonds is 1. The summed E-state index contributed by atoms with van der Waals surface area (Å²) >= 11 is 0. The number of piperidine rings is 2. The summed E-state index contributed by atoms with van der Waals surface area (Å²) in [6, 6.07) is 3.00. The average molecular weight is 217 g/mol. The first-order valence-electron chi connectivity index (χ1n) is 5.18. The molecule has 0 radical (unpaired) electrons. The lowest BCUT2D eigenvalue weighted by Crippen LogP contribution is -2.65. The lowest BCUT2D eigenvalue weighted by molar-refractivity contribution is -0.142. The van der Waals surface area contributed by atoms with Crippen LogP contribution in [0.5, 0.6) is 0 Å². The van der Waals surface area contributed by atoms with Crippen LogP contribution < -0.4 is 10.9 Å². The molecule has 4 rings (SSSR count). The van der Waals surface area contributed by atoms with E-state index in [9.17, 15) is 9.59 Å². The molecule has 0 unspecified atom stereocenters. The molecular weight excluding hydrogens is 206 g/mol.